The van der Waals surface area contributed by atoms with Crippen LogP contribution in [-0.2, 0) is 9.84 Å². The van der Waals surface area contributed by atoms with Gasteiger partial charge >= 0.3 is 0 Å². The van der Waals surface area contributed by atoms with E-state index in [4.69, 9.17) is 0 Å². The third kappa shape index (κ3) is 3.57. The van der Waals surface area contributed by atoms with Gasteiger partial charge in [-0.25, -0.2) is 13.4 Å². The summed E-state index contributed by atoms with van der Waals surface area (Å²) in [4.78, 5) is 6.36. The van der Waals surface area contributed by atoms with E-state index in [1.165, 1.54) is 25.7 Å². The maximum Gasteiger partial charge on any atom is 0.200 e. The van der Waals surface area contributed by atoms with Gasteiger partial charge in [-0.1, -0.05) is 12.8 Å². The van der Waals surface area contributed by atoms with Crippen molar-refractivity contribution in [3.05, 3.63) is 18.3 Å². The topological polar surface area (TPSA) is 50.3 Å². The fraction of sp³-hybridized carbons (Fsp3) is 0.688. The molecule has 1 aliphatic rings. The van der Waals surface area contributed by atoms with Crippen LogP contribution in [0.3, 0.4) is 0 Å². The first kappa shape index (κ1) is 16.3. The van der Waals surface area contributed by atoms with Gasteiger partial charge in [0.15, 0.2) is 14.9 Å². The summed E-state index contributed by atoms with van der Waals surface area (Å²) in [5.41, 5.74) is 0.981. The van der Waals surface area contributed by atoms with Crippen molar-refractivity contribution in [3.8, 4) is 0 Å². The first-order valence-electron chi connectivity index (χ1n) is 7.63. The Kier molecular flexibility index (Phi) is 4.61. The van der Waals surface area contributed by atoms with Crippen LogP contribution in [0.25, 0.3) is 0 Å². The molecule has 1 aliphatic carbocycles. The molecule has 0 spiro atoms. The van der Waals surface area contributed by atoms with E-state index in [0.717, 1.165) is 18.2 Å². The zero-order chi connectivity index (χ0) is 15.7. The minimum Gasteiger partial charge on any atom is -0.373 e. The highest BCUT2D eigenvalue weighted by atomic mass is 32.2. The maximum absolute atomic E-state index is 12.3. The molecule has 4 nitrogen and oxygen atoms in total. The van der Waals surface area contributed by atoms with Crippen LogP contribution in [-0.4, -0.2) is 31.7 Å². The van der Waals surface area contributed by atoms with Crippen LogP contribution in [0.15, 0.2) is 23.4 Å². The lowest BCUT2D eigenvalue weighted by Gasteiger charge is -2.23. The minimum atomic E-state index is -3.37. The average molecular weight is 310 g/mol. The van der Waals surface area contributed by atoms with Crippen molar-refractivity contribution in [2.24, 2.45) is 5.92 Å². The fourth-order valence-electron chi connectivity index (χ4n) is 2.76. The Morgan fingerprint density at radius 1 is 1.24 bits per heavy atom. The fourth-order valence-corrected chi connectivity index (χ4v) is 3.82. The van der Waals surface area contributed by atoms with Gasteiger partial charge in [-0.05, 0) is 51.7 Å². The van der Waals surface area contributed by atoms with Crippen molar-refractivity contribution in [2.75, 3.05) is 18.5 Å². The second kappa shape index (κ2) is 5.95. The lowest BCUT2D eigenvalue weighted by atomic mass is 10.1. The summed E-state index contributed by atoms with van der Waals surface area (Å²) in [6, 6.07) is 3.49. The van der Waals surface area contributed by atoms with Crippen molar-refractivity contribution in [3.63, 3.8) is 0 Å². The van der Waals surface area contributed by atoms with Crippen LogP contribution in [0.5, 0.6) is 0 Å². The number of pyridine rings is 1. The van der Waals surface area contributed by atoms with Crippen LogP contribution in [0, 0.1) is 5.92 Å². The highest BCUT2D eigenvalue weighted by Gasteiger charge is 2.32. The molecule has 5 heteroatoms. The standard InChI is InChI=1S/C16H26N2O2S/c1-16(2,3)21(19,20)15-10-9-14(11-17-15)18(4)12-13-7-5-6-8-13/h9-11,13H,5-8,12H2,1-4H3. The second-order valence-corrected chi connectivity index (χ2v) is 9.65. The zero-order valence-electron chi connectivity index (χ0n) is 13.5. The Labute approximate surface area is 128 Å². The minimum absolute atomic E-state index is 0.160. The number of rotatable bonds is 4. The first-order valence-corrected chi connectivity index (χ1v) is 9.12. The van der Waals surface area contributed by atoms with Gasteiger partial charge in [-0.15, -0.1) is 0 Å². The molecule has 0 saturated heterocycles. The molecule has 1 saturated carbocycles. The highest BCUT2D eigenvalue weighted by Crippen LogP contribution is 2.28. The summed E-state index contributed by atoms with van der Waals surface area (Å²) >= 11 is 0. The molecule has 21 heavy (non-hydrogen) atoms. The summed E-state index contributed by atoms with van der Waals surface area (Å²) in [5, 5.41) is 0.160. The molecule has 0 atom stereocenters. The predicted molar refractivity (Wildman–Crippen MR) is 86.4 cm³/mol. The van der Waals surface area contributed by atoms with Gasteiger partial charge in [0, 0.05) is 13.6 Å². The summed E-state index contributed by atoms with van der Waals surface area (Å²) in [6.45, 7) is 6.12. The van der Waals surface area contributed by atoms with Crippen LogP contribution in [0.1, 0.15) is 46.5 Å². The van der Waals surface area contributed by atoms with Gasteiger partial charge < -0.3 is 4.90 Å². The molecule has 1 fully saturated rings. The van der Waals surface area contributed by atoms with E-state index in [9.17, 15) is 8.42 Å². The van der Waals surface area contributed by atoms with Crippen molar-refractivity contribution in [2.45, 2.75) is 56.2 Å². The number of hydrogen-bond donors (Lipinski definition) is 0. The predicted octanol–water partition coefficient (Wildman–Crippen LogP) is 3.28. The van der Waals surface area contributed by atoms with Crippen molar-refractivity contribution in [1.29, 1.82) is 0 Å². The van der Waals surface area contributed by atoms with E-state index in [-0.39, 0.29) is 5.03 Å². The summed E-state index contributed by atoms with van der Waals surface area (Å²) < 4.78 is 23.9. The van der Waals surface area contributed by atoms with Gasteiger partial charge in [-0.3, -0.25) is 0 Å². The van der Waals surface area contributed by atoms with Gasteiger partial charge in [0.2, 0.25) is 0 Å². The molecule has 0 N–H and O–H groups in total. The first-order chi connectivity index (χ1) is 9.72. The molecule has 0 aromatic carbocycles. The molecule has 1 aromatic heterocycles. The van der Waals surface area contributed by atoms with Gasteiger partial charge in [0.05, 0.1) is 16.6 Å². The highest BCUT2D eigenvalue weighted by molar-refractivity contribution is 7.92. The molecule has 0 amide bonds. The molecule has 1 heterocycles. The molecular formula is C16H26N2O2S. The summed E-state index contributed by atoms with van der Waals surface area (Å²) in [5.74, 6) is 0.757. The third-order valence-electron chi connectivity index (χ3n) is 4.25. The molecular weight excluding hydrogens is 284 g/mol. The van der Waals surface area contributed by atoms with Gasteiger partial charge in [0.1, 0.15) is 0 Å². The average Bonchev–Trinajstić information content (AvgIpc) is 2.90. The number of sulfone groups is 1. The van der Waals surface area contributed by atoms with Crippen molar-refractivity contribution >= 4 is 15.5 Å². The molecule has 1 aromatic rings. The second-order valence-electron chi connectivity index (χ2n) is 7.00. The van der Waals surface area contributed by atoms with Gasteiger partial charge in [0.25, 0.3) is 0 Å². The van der Waals surface area contributed by atoms with Crippen LogP contribution >= 0.6 is 0 Å². The van der Waals surface area contributed by atoms with E-state index in [1.54, 1.807) is 33.0 Å². The molecule has 0 bridgehead atoms. The van der Waals surface area contributed by atoms with Crippen molar-refractivity contribution in [1.82, 2.24) is 4.98 Å². The van der Waals surface area contributed by atoms with Gasteiger partial charge in [-0.2, -0.15) is 0 Å². The zero-order valence-corrected chi connectivity index (χ0v) is 14.3. The third-order valence-corrected chi connectivity index (χ3v) is 6.65. The quantitative estimate of drug-likeness (QED) is 0.856. The Balaban J connectivity index is 2.11. The number of aromatic nitrogens is 1. The van der Waals surface area contributed by atoms with E-state index in [2.05, 4.69) is 9.88 Å². The maximum atomic E-state index is 12.3. The molecule has 118 valence electrons. The number of nitrogens with zero attached hydrogens (tertiary/aromatic N) is 2. The van der Waals surface area contributed by atoms with Crippen LogP contribution in [0.2, 0.25) is 0 Å². The van der Waals surface area contributed by atoms with Crippen LogP contribution in [0.4, 0.5) is 5.69 Å². The smallest absolute Gasteiger partial charge is 0.200 e. The van der Waals surface area contributed by atoms with E-state index in [1.807, 2.05) is 13.1 Å². The Hall–Kier alpha value is -1.10. The van der Waals surface area contributed by atoms with E-state index < -0.39 is 14.6 Å². The Morgan fingerprint density at radius 3 is 2.33 bits per heavy atom. The largest absolute Gasteiger partial charge is 0.373 e. The summed E-state index contributed by atoms with van der Waals surface area (Å²) in [7, 11) is -1.32. The molecule has 0 unspecified atom stereocenters. The van der Waals surface area contributed by atoms with Crippen molar-refractivity contribution < 1.29 is 8.42 Å². The Morgan fingerprint density at radius 2 is 1.86 bits per heavy atom. The molecule has 0 radical (unpaired) electrons. The SMILES string of the molecule is CN(CC1CCCC1)c1ccc(S(=O)(=O)C(C)(C)C)nc1. The normalized spacial score (nSPS) is 17.1. The number of anilines is 1. The summed E-state index contributed by atoms with van der Waals surface area (Å²) in [6.07, 6.45) is 6.94. The lowest BCUT2D eigenvalue weighted by Crippen LogP contribution is -2.29. The monoisotopic (exact) mass is 310 g/mol. The Bertz CT molecular complexity index is 567. The lowest BCUT2D eigenvalue weighted by molar-refractivity contribution is 0.546. The van der Waals surface area contributed by atoms with E-state index in [0.29, 0.717) is 0 Å². The van der Waals surface area contributed by atoms with Crippen LogP contribution < -0.4 is 4.90 Å². The van der Waals surface area contributed by atoms with E-state index >= 15 is 0 Å². The number of hydrogen-bond acceptors (Lipinski definition) is 4. The molecule has 0 aliphatic heterocycles. The molecule has 2 rings (SSSR count).